The second kappa shape index (κ2) is 13.2. The van der Waals surface area contributed by atoms with Gasteiger partial charge in [-0.25, -0.2) is 9.97 Å². The summed E-state index contributed by atoms with van der Waals surface area (Å²) in [7, 11) is 0. The van der Waals surface area contributed by atoms with Gasteiger partial charge in [0, 0.05) is 38.6 Å². The fourth-order valence-electron chi connectivity index (χ4n) is 9.98. The van der Waals surface area contributed by atoms with E-state index in [9.17, 15) is 0 Å². The fourth-order valence-corrected chi connectivity index (χ4v) is 9.98. The number of nitrogens with zero attached hydrogens (tertiary/aromatic N) is 3. The Kier molecular flexibility index (Phi) is 7.58. The number of aromatic nitrogens is 3. The van der Waals surface area contributed by atoms with Crippen LogP contribution < -0.4 is 0 Å². The van der Waals surface area contributed by atoms with Crippen molar-refractivity contribution in [3.05, 3.63) is 211 Å². The normalized spacial score (nSPS) is 13.0. The van der Waals surface area contributed by atoms with E-state index in [1.165, 1.54) is 60.3 Å². The van der Waals surface area contributed by atoms with Crippen LogP contribution in [0.15, 0.2) is 200 Å². The Balaban J connectivity index is 1.09. The molecule has 0 spiro atoms. The summed E-state index contributed by atoms with van der Waals surface area (Å²) < 4.78 is 2.36. The summed E-state index contributed by atoms with van der Waals surface area (Å²) in [6, 6.07) is 72.3. The Morgan fingerprint density at radius 3 is 1.77 bits per heavy atom. The molecule has 60 heavy (non-hydrogen) atoms. The summed E-state index contributed by atoms with van der Waals surface area (Å²) in [5, 5.41) is 7.27. The van der Waals surface area contributed by atoms with Gasteiger partial charge < -0.3 is 4.57 Å². The van der Waals surface area contributed by atoms with Crippen LogP contribution in [0.4, 0.5) is 0 Å². The Morgan fingerprint density at radius 1 is 0.400 bits per heavy atom. The third-order valence-corrected chi connectivity index (χ3v) is 12.8. The predicted molar refractivity (Wildman–Crippen MR) is 251 cm³/mol. The second-order valence-electron chi connectivity index (χ2n) is 16.5. The molecule has 0 atom stereocenters. The van der Waals surface area contributed by atoms with E-state index in [1.54, 1.807) is 0 Å². The summed E-state index contributed by atoms with van der Waals surface area (Å²) in [6.07, 6.45) is 0. The van der Waals surface area contributed by atoms with E-state index < -0.39 is 0 Å². The molecule has 2 heterocycles. The topological polar surface area (TPSA) is 30.7 Å². The van der Waals surface area contributed by atoms with Crippen LogP contribution in [-0.4, -0.2) is 14.5 Å². The SMILES string of the molecule is CC1(C)c2cc3ccccc3cc2-c2c(-c3ccc(-c4cc(-c5cccc6c5c5ccccc5n6-c5ccccc5)nc(-c5ccccc5)n4)c4ccccc34)cccc21. The molecule has 0 radical (unpaired) electrons. The van der Waals surface area contributed by atoms with Gasteiger partial charge in [-0.2, -0.15) is 0 Å². The van der Waals surface area contributed by atoms with E-state index in [2.05, 4.69) is 213 Å². The summed E-state index contributed by atoms with van der Waals surface area (Å²) in [5.41, 5.74) is 16.1. The minimum absolute atomic E-state index is 0.123. The van der Waals surface area contributed by atoms with Crippen molar-refractivity contribution in [3.63, 3.8) is 0 Å². The highest BCUT2D eigenvalue weighted by Gasteiger charge is 2.37. The molecule has 3 nitrogen and oxygen atoms in total. The summed E-state index contributed by atoms with van der Waals surface area (Å²) in [5.74, 6) is 0.701. The zero-order chi connectivity index (χ0) is 40.0. The van der Waals surface area contributed by atoms with Crippen molar-refractivity contribution in [2.75, 3.05) is 0 Å². The van der Waals surface area contributed by atoms with Crippen LogP contribution in [0.1, 0.15) is 25.0 Å². The van der Waals surface area contributed by atoms with E-state index in [4.69, 9.17) is 9.97 Å². The maximum absolute atomic E-state index is 5.37. The van der Waals surface area contributed by atoms with E-state index in [-0.39, 0.29) is 5.41 Å². The Morgan fingerprint density at radius 2 is 0.983 bits per heavy atom. The molecule has 0 saturated heterocycles. The first-order valence-corrected chi connectivity index (χ1v) is 20.7. The zero-order valence-corrected chi connectivity index (χ0v) is 33.4. The quantitative estimate of drug-likeness (QED) is 0.175. The smallest absolute Gasteiger partial charge is 0.160 e. The molecule has 11 aromatic rings. The minimum atomic E-state index is -0.123. The average Bonchev–Trinajstić information content (AvgIpc) is 3.76. The first kappa shape index (κ1) is 34.4. The van der Waals surface area contributed by atoms with Crippen LogP contribution >= 0.6 is 0 Å². The first-order valence-electron chi connectivity index (χ1n) is 20.7. The van der Waals surface area contributed by atoms with Crippen LogP contribution in [0.3, 0.4) is 0 Å². The highest BCUT2D eigenvalue weighted by atomic mass is 15.0. The lowest BCUT2D eigenvalue weighted by molar-refractivity contribution is 0.661. The van der Waals surface area contributed by atoms with E-state index >= 15 is 0 Å². The van der Waals surface area contributed by atoms with Crippen LogP contribution in [-0.2, 0) is 5.41 Å². The van der Waals surface area contributed by atoms with Crippen molar-refractivity contribution in [1.29, 1.82) is 0 Å². The van der Waals surface area contributed by atoms with Gasteiger partial charge in [0.15, 0.2) is 5.82 Å². The van der Waals surface area contributed by atoms with Crippen LogP contribution in [0.25, 0.3) is 105 Å². The maximum Gasteiger partial charge on any atom is 0.160 e. The van der Waals surface area contributed by atoms with Gasteiger partial charge in [0.25, 0.3) is 0 Å². The second-order valence-corrected chi connectivity index (χ2v) is 16.5. The molecule has 282 valence electrons. The summed E-state index contributed by atoms with van der Waals surface area (Å²) in [6.45, 7) is 4.74. The highest BCUT2D eigenvalue weighted by molar-refractivity contribution is 6.16. The van der Waals surface area contributed by atoms with Crippen LogP contribution in [0.5, 0.6) is 0 Å². The number of rotatable bonds is 5. The van der Waals surface area contributed by atoms with Crippen molar-refractivity contribution >= 4 is 43.4 Å². The van der Waals surface area contributed by atoms with Gasteiger partial charge in [0.05, 0.1) is 22.4 Å². The molecule has 1 aliphatic rings. The lowest BCUT2D eigenvalue weighted by atomic mass is 9.81. The Hall–Kier alpha value is -7.62. The number of para-hydroxylation sites is 2. The molecular formula is C57H39N3. The average molecular weight is 766 g/mol. The number of hydrogen-bond donors (Lipinski definition) is 0. The third kappa shape index (κ3) is 5.15. The number of fused-ring (bicyclic) bond motifs is 8. The summed E-state index contributed by atoms with van der Waals surface area (Å²) >= 11 is 0. The van der Waals surface area contributed by atoms with Crippen molar-refractivity contribution < 1.29 is 0 Å². The molecule has 0 unspecified atom stereocenters. The van der Waals surface area contributed by atoms with Gasteiger partial charge in [-0.05, 0) is 97.4 Å². The standard InChI is InChI=1S/C57H39N3/c1-57(2)48-28-15-26-44(54(48)47-33-37-19-9-10-20-38(37)34-49(47)57)42-31-32-43(41-24-12-11-23-40(41)42)50-35-51(59-56(58-50)36-17-5-3-6-18-36)45-27-16-30-53-55(45)46-25-13-14-29-52(46)60(53)39-21-7-4-8-22-39/h3-35H,1-2H3. The monoisotopic (exact) mass is 765 g/mol. The van der Waals surface area contributed by atoms with E-state index in [1.807, 2.05) is 6.07 Å². The lowest BCUT2D eigenvalue weighted by Gasteiger charge is -2.22. The van der Waals surface area contributed by atoms with Crippen molar-refractivity contribution in [2.45, 2.75) is 19.3 Å². The first-order chi connectivity index (χ1) is 29.5. The van der Waals surface area contributed by atoms with Crippen LogP contribution in [0, 0.1) is 0 Å². The molecule has 12 rings (SSSR count). The van der Waals surface area contributed by atoms with E-state index in [0.29, 0.717) is 5.82 Å². The minimum Gasteiger partial charge on any atom is -0.309 e. The van der Waals surface area contributed by atoms with Crippen molar-refractivity contribution in [3.8, 4) is 61.8 Å². The number of benzene rings is 9. The van der Waals surface area contributed by atoms with E-state index in [0.717, 1.165) is 50.2 Å². The predicted octanol–water partition coefficient (Wildman–Crippen LogP) is 14.9. The Labute approximate surface area is 348 Å². The molecular weight excluding hydrogens is 727 g/mol. The molecule has 1 aliphatic carbocycles. The van der Waals surface area contributed by atoms with Gasteiger partial charge in [0.1, 0.15) is 0 Å². The molecule has 0 fully saturated rings. The van der Waals surface area contributed by atoms with Gasteiger partial charge in [-0.1, -0.05) is 172 Å². The van der Waals surface area contributed by atoms with Gasteiger partial charge in [0.2, 0.25) is 0 Å². The maximum atomic E-state index is 5.37. The van der Waals surface area contributed by atoms with Gasteiger partial charge in [-0.15, -0.1) is 0 Å². The van der Waals surface area contributed by atoms with Gasteiger partial charge in [-0.3, -0.25) is 0 Å². The molecule has 9 aromatic carbocycles. The molecule has 3 heteroatoms. The van der Waals surface area contributed by atoms with Crippen LogP contribution in [0.2, 0.25) is 0 Å². The molecule has 0 aliphatic heterocycles. The van der Waals surface area contributed by atoms with Crippen molar-refractivity contribution in [1.82, 2.24) is 14.5 Å². The van der Waals surface area contributed by atoms with Gasteiger partial charge >= 0.3 is 0 Å². The molecule has 0 saturated carbocycles. The fraction of sp³-hybridized carbons (Fsp3) is 0.0526. The third-order valence-electron chi connectivity index (χ3n) is 12.8. The highest BCUT2D eigenvalue weighted by Crippen LogP contribution is 2.54. The summed E-state index contributed by atoms with van der Waals surface area (Å²) in [4.78, 5) is 10.7. The Bertz CT molecular complexity index is 3500. The lowest BCUT2D eigenvalue weighted by Crippen LogP contribution is -2.14. The van der Waals surface area contributed by atoms with Crippen molar-refractivity contribution in [2.24, 2.45) is 0 Å². The molecule has 0 amide bonds. The molecule has 0 bridgehead atoms. The zero-order valence-electron chi connectivity index (χ0n) is 33.4. The largest absolute Gasteiger partial charge is 0.309 e. The molecule has 0 N–H and O–H groups in total. The number of hydrogen-bond acceptors (Lipinski definition) is 2. The molecule has 2 aromatic heterocycles.